The van der Waals surface area contributed by atoms with Crippen LogP contribution < -0.4 is 5.32 Å². The lowest BCUT2D eigenvalue weighted by Gasteiger charge is -2.07. The molecule has 0 unspecified atom stereocenters. The first-order valence-corrected chi connectivity index (χ1v) is 6.57. The van der Waals surface area contributed by atoms with Gasteiger partial charge in [0.15, 0.2) is 5.82 Å². The Hall–Kier alpha value is -2.07. The number of aromatic nitrogens is 2. The third-order valence-corrected chi connectivity index (χ3v) is 3.60. The van der Waals surface area contributed by atoms with Crippen molar-refractivity contribution in [1.82, 2.24) is 9.97 Å². The standard InChI is InChI=1S/C16H16FN3.ClH/c1-10-11(2)20-15-14(10)7-8-18-16(15)19-9-12-3-5-13(17)6-4-12;/h3-8,20H,9H2,1-2H3,(H,18,19);1H. The lowest BCUT2D eigenvalue weighted by atomic mass is 10.2. The molecule has 0 aliphatic heterocycles. The molecule has 21 heavy (non-hydrogen) atoms. The molecule has 0 aliphatic rings. The molecule has 0 spiro atoms. The van der Waals surface area contributed by atoms with E-state index in [4.69, 9.17) is 0 Å². The summed E-state index contributed by atoms with van der Waals surface area (Å²) in [7, 11) is 0. The molecular weight excluding hydrogens is 289 g/mol. The van der Waals surface area contributed by atoms with Crippen molar-refractivity contribution in [2.24, 2.45) is 0 Å². The lowest BCUT2D eigenvalue weighted by Crippen LogP contribution is -2.01. The van der Waals surface area contributed by atoms with Gasteiger partial charge < -0.3 is 10.3 Å². The maximum atomic E-state index is 12.9. The molecular formula is C16H17ClFN3. The highest BCUT2D eigenvalue weighted by atomic mass is 35.5. The zero-order valence-electron chi connectivity index (χ0n) is 11.9. The Bertz CT molecular complexity index is 750. The molecule has 0 amide bonds. The van der Waals surface area contributed by atoms with Crippen molar-refractivity contribution >= 4 is 29.1 Å². The highest BCUT2D eigenvalue weighted by molar-refractivity contribution is 5.92. The zero-order chi connectivity index (χ0) is 14.1. The van der Waals surface area contributed by atoms with Crippen LogP contribution in [0.25, 0.3) is 10.9 Å². The van der Waals surface area contributed by atoms with Gasteiger partial charge in [-0.1, -0.05) is 12.1 Å². The van der Waals surface area contributed by atoms with Crippen molar-refractivity contribution in [1.29, 1.82) is 0 Å². The van der Waals surface area contributed by atoms with Gasteiger partial charge in [-0.25, -0.2) is 9.37 Å². The van der Waals surface area contributed by atoms with Crippen LogP contribution in [-0.4, -0.2) is 9.97 Å². The summed E-state index contributed by atoms with van der Waals surface area (Å²) in [5, 5.41) is 4.48. The Kier molecular flexibility index (Phi) is 4.48. The number of benzene rings is 1. The van der Waals surface area contributed by atoms with E-state index in [0.29, 0.717) is 6.54 Å². The fourth-order valence-corrected chi connectivity index (χ4v) is 2.31. The van der Waals surface area contributed by atoms with Gasteiger partial charge in [-0.05, 0) is 43.2 Å². The summed E-state index contributed by atoms with van der Waals surface area (Å²) in [5.41, 5.74) is 4.43. The predicted molar refractivity (Wildman–Crippen MR) is 86.5 cm³/mol. The molecule has 0 radical (unpaired) electrons. The van der Waals surface area contributed by atoms with Gasteiger partial charge in [0.25, 0.3) is 0 Å². The van der Waals surface area contributed by atoms with Crippen LogP contribution in [-0.2, 0) is 6.54 Å². The maximum Gasteiger partial charge on any atom is 0.150 e. The molecule has 2 heterocycles. The Morgan fingerprint density at radius 1 is 1.14 bits per heavy atom. The monoisotopic (exact) mass is 305 g/mol. The van der Waals surface area contributed by atoms with Crippen LogP contribution in [0.2, 0.25) is 0 Å². The number of aromatic amines is 1. The molecule has 3 aromatic rings. The molecule has 0 atom stereocenters. The van der Waals surface area contributed by atoms with E-state index in [1.165, 1.54) is 23.1 Å². The van der Waals surface area contributed by atoms with Crippen LogP contribution in [0.3, 0.4) is 0 Å². The largest absolute Gasteiger partial charge is 0.364 e. The number of rotatable bonds is 3. The van der Waals surface area contributed by atoms with Gasteiger partial charge in [-0.2, -0.15) is 0 Å². The number of pyridine rings is 1. The van der Waals surface area contributed by atoms with E-state index in [-0.39, 0.29) is 18.2 Å². The van der Waals surface area contributed by atoms with Gasteiger partial charge in [0.05, 0.1) is 5.52 Å². The minimum atomic E-state index is -0.218. The minimum Gasteiger partial charge on any atom is -0.364 e. The number of hydrogen-bond acceptors (Lipinski definition) is 2. The number of aryl methyl sites for hydroxylation is 2. The summed E-state index contributed by atoms with van der Waals surface area (Å²) in [6, 6.07) is 8.49. The summed E-state index contributed by atoms with van der Waals surface area (Å²) in [6.45, 7) is 4.76. The van der Waals surface area contributed by atoms with Crippen molar-refractivity contribution in [2.45, 2.75) is 20.4 Å². The predicted octanol–water partition coefficient (Wildman–Crippen LogP) is 4.35. The Balaban J connectivity index is 0.00000161. The van der Waals surface area contributed by atoms with Crippen LogP contribution >= 0.6 is 12.4 Å². The van der Waals surface area contributed by atoms with Crippen molar-refractivity contribution in [3.05, 3.63) is 59.2 Å². The number of H-pyrrole nitrogens is 1. The number of hydrogen-bond donors (Lipinski definition) is 2. The first-order valence-electron chi connectivity index (χ1n) is 6.57. The highest BCUT2D eigenvalue weighted by Gasteiger charge is 2.08. The van der Waals surface area contributed by atoms with Crippen LogP contribution in [0.1, 0.15) is 16.8 Å². The van der Waals surface area contributed by atoms with Crippen molar-refractivity contribution in [3.63, 3.8) is 0 Å². The number of halogens is 2. The average molecular weight is 306 g/mol. The van der Waals surface area contributed by atoms with E-state index in [2.05, 4.69) is 29.1 Å². The zero-order valence-corrected chi connectivity index (χ0v) is 12.7. The molecule has 2 aromatic heterocycles. The van der Waals surface area contributed by atoms with Crippen molar-refractivity contribution in [2.75, 3.05) is 5.32 Å². The number of nitrogens with one attached hydrogen (secondary N) is 2. The Labute approximate surface area is 129 Å². The number of anilines is 1. The van der Waals surface area contributed by atoms with Crippen LogP contribution in [0.4, 0.5) is 10.2 Å². The summed E-state index contributed by atoms with van der Waals surface area (Å²) in [5.74, 6) is 0.604. The molecule has 0 bridgehead atoms. The molecule has 0 aliphatic carbocycles. The molecule has 3 rings (SSSR count). The van der Waals surface area contributed by atoms with Gasteiger partial charge >= 0.3 is 0 Å². The molecule has 5 heteroatoms. The molecule has 0 saturated heterocycles. The normalized spacial score (nSPS) is 10.4. The van der Waals surface area contributed by atoms with Crippen LogP contribution in [0, 0.1) is 19.7 Å². The first kappa shape index (κ1) is 15.3. The van der Waals surface area contributed by atoms with E-state index in [1.54, 1.807) is 18.3 Å². The molecule has 0 saturated carbocycles. The fraction of sp³-hybridized carbons (Fsp3) is 0.188. The Morgan fingerprint density at radius 2 is 1.86 bits per heavy atom. The van der Waals surface area contributed by atoms with Crippen molar-refractivity contribution in [3.8, 4) is 0 Å². The van der Waals surface area contributed by atoms with Gasteiger partial charge in [-0.3, -0.25) is 0 Å². The van der Waals surface area contributed by atoms with Gasteiger partial charge in [-0.15, -0.1) is 12.4 Å². The van der Waals surface area contributed by atoms with Crippen LogP contribution in [0.5, 0.6) is 0 Å². The van der Waals surface area contributed by atoms with Gasteiger partial charge in [0, 0.05) is 23.8 Å². The fourth-order valence-electron chi connectivity index (χ4n) is 2.31. The van der Waals surface area contributed by atoms with E-state index in [1.807, 2.05) is 6.07 Å². The van der Waals surface area contributed by atoms with E-state index in [9.17, 15) is 4.39 Å². The first-order chi connectivity index (χ1) is 9.65. The maximum absolute atomic E-state index is 12.9. The second-order valence-electron chi connectivity index (χ2n) is 4.94. The topological polar surface area (TPSA) is 40.7 Å². The minimum absolute atomic E-state index is 0. The highest BCUT2D eigenvalue weighted by Crippen LogP contribution is 2.25. The van der Waals surface area contributed by atoms with Crippen LogP contribution in [0.15, 0.2) is 36.5 Å². The van der Waals surface area contributed by atoms with Gasteiger partial charge in [0.1, 0.15) is 5.82 Å². The summed E-state index contributed by atoms with van der Waals surface area (Å²) >= 11 is 0. The third kappa shape index (κ3) is 3.00. The number of fused-ring (bicyclic) bond motifs is 1. The quantitative estimate of drug-likeness (QED) is 0.755. The average Bonchev–Trinajstić information content (AvgIpc) is 2.75. The second-order valence-corrected chi connectivity index (χ2v) is 4.94. The third-order valence-electron chi connectivity index (χ3n) is 3.60. The summed E-state index contributed by atoms with van der Waals surface area (Å²) in [6.07, 6.45) is 1.80. The molecule has 110 valence electrons. The SMILES string of the molecule is Cc1[nH]c2c(NCc3ccc(F)cc3)nccc2c1C.Cl. The Morgan fingerprint density at radius 3 is 2.57 bits per heavy atom. The molecule has 2 N–H and O–H groups in total. The smallest absolute Gasteiger partial charge is 0.150 e. The molecule has 3 nitrogen and oxygen atoms in total. The summed E-state index contributed by atoms with van der Waals surface area (Å²) < 4.78 is 12.9. The van der Waals surface area contributed by atoms with Gasteiger partial charge in [0.2, 0.25) is 0 Å². The second kappa shape index (κ2) is 6.14. The summed E-state index contributed by atoms with van der Waals surface area (Å²) in [4.78, 5) is 7.73. The van der Waals surface area contributed by atoms with E-state index in [0.717, 1.165) is 22.6 Å². The number of nitrogens with zero attached hydrogens (tertiary/aromatic N) is 1. The molecule has 1 aromatic carbocycles. The van der Waals surface area contributed by atoms with Crippen molar-refractivity contribution < 1.29 is 4.39 Å². The van der Waals surface area contributed by atoms with E-state index >= 15 is 0 Å². The van der Waals surface area contributed by atoms with E-state index < -0.39 is 0 Å². The lowest BCUT2D eigenvalue weighted by molar-refractivity contribution is 0.627. The molecule has 0 fully saturated rings.